The molecule has 0 unspecified atom stereocenters. The lowest BCUT2D eigenvalue weighted by atomic mass is 10.1. The van der Waals surface area contributed by atoms with Gasteiger partial charge >= 0.3 is 0 Å². The number of anilines is 3. The minimum absolute atomic E-state index is 0.0516. The largest absolute Gasteiger partial charge is 0.321 e. The first kappa shape index (κ1) is 21.9. The third-order valence-electron chi connectivity index (χ3n) is 4.56. The molecule has 0 atom stereocenters. The van der Waals surface area contributed by atoms with E-state index in [9.17, 15) is 9.59 Å². The van der Waals surface area contributed by atoms with Crippen molar-refractivity contribution < 1.29 is 14.0 Å². The highest BCUT2D eigenvalue weighted by atomic mass is 35.5. The van der Waals surface area contributed by atoms with E-state index in [0.29, 0.717) is 10.6 Å². The summed E-state index contributed by atoms with van der Waals surface area (Å²) in [5, 5.41) is 11.1. The second-order valence-electron chi connectivity index (χ2n) is 6.82. The van der Waals surface area contributed by atoms with E-state index < -0.39 is 17.6 Å². The lowest BCUT2D eigenvalue weighted by molar-refractivity contribution is 0.102. The van der Waals surface area contributed by atoms with Gasteiger partial charge in [-0.15, -0.1) is 0 Å². The van der Waals surface area contributed by atoms with Crippen LogP contribution in [0.15, 0.2) is 90.3 Å². The molecule has 1 aliphatic heterocycles. The Labute approximate surface area is 193 Å². The predicted molar refractivity (Wildman–Crippen MR) is 127 cm³/mol. The van der Waals surface area contributed by atoms with E-state index >= 15 is 4.39 Å². The van der Waals surface area contributed by atoms with Crippen LogP contribution in [0.1, 0.15) is 20.7 Å². The van der Waals surface area contributed by atoms with Crippen molar-refractivity contribution in [3.8, 4) is 0 Å². The molecule has 1 aromatic heterocycles. The van der Waals surface area contributed by atoms with Gasteiger partial charge < -0.3 is 10.6 Å². The number of carbonyl (C=O) groups excluding carboxylic acids is 2. The van der Waals surface area contributed by atoms with Gasteiger partial charge in [-0.2, -0.15) is 5.10 Å². The minimum atomic E-state index is -0.703. The molecule has 0 aliphatic carbocycles. The Hall–Kier alpha value is -4.30. The summed E-state index contributed by atoms with van der Waals surface area (Å²) in [5.41, 5.74) is 0.451. The molecule has 0 saturated heterocycles. The molecule has 0 radical (unpaired) electrons. The maximum atomic E-state index is 15.1. The summed E-state index contributed by atoms with van der Waals surface area (Å²) in [6.07, 6.45) is 9.53. The summed E-state index contributed by atoms with van der Waals surface area (Å²) in [6.45, 7) is 0. The summed E-state index contributed by atoms with van der Waals surface area (Å²) in [7, 11) is 0. The topological polar surface area (TPSA) is 86.7 Å². The number of benzene rings is 2. The standard InChI is InChI=1S/C24H17ClFN5O2/c25-17-9-10-22(27-15-17)30-24(33)18-13-19(26)21(31-12-6-2-5-11-28-31)14-20(18)29-23(32)16-7-3-1-4-8-16/h1-15H,(H,29,32)(H,27,30,33). The van der Waals surface area contributed by atoms with Crippen LogP contribution in [0.2, 0.25) is 5.02 Å². The summed E-state index contributed by atoms with van der Waals surface area (Å²) in [5.74, 6) is -1.59. The molecule has 2 heterocycles. The molecular formula is C24H17ClFN5O2. The van der Waals surface area contributed by atoms with E-state index in [1.807, 2.05) is 0 Å². The van der Waals surface area contributed by atoms with Crippen molar-refractivity contribution in [1.29, 1.82) is 0 Å². The van der Waals surface area contributed by atoms with Gasteiger partial charge in [-0.1, -0.05) is 35.9 Å². The molecule has 4 rings (SSSR count). The average Bonchev–Trinajstić information content (AvgIpc) is 3.11. The molecule has 0 fully saturated rings. The number of allylic oxidation sites excluding steroid dienone is 3. The molecule has 2 amide bonds. The van der Waals surface area contributed by atoms with Gasteiger partial charge in [0.1, 0.15) is 17.3 Å². The van der Waals surface area contributed by atoms with Gasteiger partial charge in [-0.3, -0.25) is 9.59 Å². The highest BCUT2D eigenvalue weighted by molar-refractivity contribution is 6.30. The van der Waals surface area contributed by atoms with Gasteiger partial charge in [0.25, 0.3) is 11.8 Å². The molecule has 0 spiro atoms. The molecule has 1 aliphatic rings. The van der Waals surface area contributed by atoms with E-state index in [4.69, 9.17) is 11.6 Å². The van der Waals surface area contributed by atoms with Gasteiger partial charge in [-0.05, 0) is 48.6 Å². The first-order valence-electron chi connectivity index (χ1n) is 9.81. The van der Waals surface area contributed by atoms with Gasteiger partial charge in [0.2, 0.25) is 0 Å². The molecule has 3 aromatic rings. The molecular weight excluding hydrogens is 445 g/mol. The molecule has 33 heavy (non-hydrogen) atoms. The molecule has 164 valence electrons. The number of hydrogen-bond donors (Lipinski definition) is 2. The summed E-state index contributed by atoms with van der Waals surface area (Å²) in [6, 6.07) is 13.9. The summed E-state index contributed by atoms with van der Waals surface area (Å²) >= 11 is 5.83. The van der Waals surface area contributed by atoms with Crippen LogP contribution in [0.3, 0.4) is 0 Å². The maximum Gasteiger partial charge on any atom is 0.259 e. The fourth-order valence-corrected chi connectivity index (χ4v) is 3.09. The number of halogens is 2. The van der Waals surface area contributed by atoms with Crippen molar-refractivity contribution >= 4 is 46.8 Å². The molecule has 0 bridgehead atoms. The number of rotatable bonds is 5. The number of hydrogen-bond acceptors (Lipinski definition) is 5. The van der Waals surface area contributed by atoms with Crippen molar-refractivity contribution in [2.45, 2.75) is 0 Å². The van der Waals surface area contributed by atoms with Crippen molar-refractivity contribution in [3.63, 3.8) is 0 Å². The predicted octanol–water partition coefficient (Wildman–Crippen LogP) is 5.25. The van der Waals surface area contributed by atoms with Crippen LogP contribution >= 0.6 is 11.6 Å². The Kier molecular flexibility index (Phi) is 6.56. The van der Waals surface area contributed by atoms with Crippen LogP contribution < -0.4 is 15.6 Å². The smallest absolute Gasteiger partial charge is 0.259 e. The number of amides is 2. The number of nitrogens with one attached hydrogen (secondary N) is 2. The Morgan fingerprint density at radius 2 is 1.76 bits per heavy atom. The monoisotopic (exact) mass is 461 g/mol. The van der Waals surface area contributed by atoms with Crippen LogP contribution in [0.5, 0.6) is 0 Å². The normalized spacial score (nSPS) is 12.4. The zero-order valence-corrected chi connectivity index (χ0v) is 17.8. The second kappa shape index (κ2) is 9.88. The summed E-state index contributed by atoms with van der Waals surface area (Å²) < 4.78 is 15.1. The zero-order chi connectivity index (χ0) is 23.2. The van der Waals surface area contributed by atoms with E-state index in [1.54, 1.807) is 60.8 Å². The number of carbonyl (C=O) groups is 2. The third kappa shape index (κ3) is 5.31. The minimum Gasteiger partial charge on any atom is -0.321 e. The van der Waals surface area contributed by atoms with Crippen molar-refractivity contribution in [1.82, 2.24) is 4.98 Å². The van der Waals surface area contributed by atoms with Crippen LogP contribution in [-0.4, -0.2) is 23.0 Å². The van der Waals surface area contributed by atoms with Gasteiger partial charge in [-0.25, -0.2) is 14.4 Å². The number of aromatic nitrogens is 1. The van der Waals surface area contributed by atoms with Crippen molar-refractivity contribution in [3.05, 3.63) is 107 Å². The number of hydrazone groups is 1. The van der Waals surface area contributed by atoms with Crippen LogP contribution in [0.25, 0.3) is 0 Å². The molecule has 7 nitrogen and oxygen atoms in total. The van der Waals surface area contributed by atoms with Crippen LogP contribution in [0, 0.1) is 5.82 Å². The third-order valence-corrected chi connectivity index (χ3v) is 4.78. The van der Waals surface area contributed by atoms with Crippen LogP contribution in [0.4, 0.5) is 21.6 Å². The summed E-state index contributed by atoms with van der Waals surface area (Å²) in [4.78, 5) is 29.8. The van der Waals surface area contributed by atoms with E-state index in [1.165, 1.54) is 29.6 Å². The first-order chi connectivity index (χ1) is 16.0. The SMILES string of the molecule is O=C(Nc1cc(N2C=CC=CC=N2)c(F)cc1C(=O)Nc1ccc(Cl)cn1)c1ccccc1. The lowest BCUT2D eigenvalue weighted by Gasteiger charge is -2.18. The quantitative estimate of drug-likeness (QED) is 0.543. The fraction of sp³-hybridized carbons (Fsp3) is 0. The van der Waals surface area contributed by atoms with Crippen molar-refractivity contribution in [2.75, 3.05) is 15.6 Å². The van der Waals surface area contributed by atoms with Crippen molar-refractivity contribution in [2.24, 2.45) is 5.10 Å². The van der Waals surface area contributed by atoms with E-state index in [2.05, 4.69) is 20.7 Å². The molecule has 2 aromatic carbocycles. The fourth-order valence-electron chi connectivity index (χ4n) is 2.98. The molecule has 2 N–H and O–H groups in total. The Morgan fingerprint density at radius 3 is 2.52 bits per heavy atom. The van der Waals surface area contributed by atoms with Gasteiger partial charge in [0.05, 0.1) is 16.3 Å². The molecule has 0 saturated carbocycles. The first-order valence-corrected chi connectivity index (χ1v) is 10.2. The Balaban J connectivity index is 1.72. The number of nitrogens with zero attached hydrogens (tertiary/aromatic N) is 3. The van der Waals surface area contributed by atoms with Gasteiger partial charge in [0, 0.05) is 24.2 Å². The van der Waals surface area contributed by atoms with E-state index in [-0.39, 0.29) is 22.8 Å². The lowest BCUT2D eigenvalue weighted by Crippen LogP contribution is -2.20. The molecule has 9 heteroatoms. The van der Waals surface area contributed by atoms with E-state index in [0.717, 1.165) is 6.07 Å². The highest BCUT2D eigenvalue weighted by Gasteiger charge is 2.21. The maximum absolute atomic E-state index is 15.1. The number of pyridine rings is 1. The van der Waals surface area contributed by atoms with Crippen LogP contribution in [-0.2, 0) is 0 Å². The second-order valence-corrected chi connectivity index (χ2v) is 7.26. The average molecular weight is 462 g/mol. The van der Waals surface area contributed by atoms with Gasteiger partial charge in [0.15, 0.2) is 0 Å². The Bertz CT molecular complexity index is 1260. The zero-order valence-electron chi connectivity index (χ0n) is 17.1. The highest BCUT2D eigenvalue weighted by Crippen LogP contribution is 2.29. The Morgan fingerprint density at radius 1 is 0.939 bits per heavy atom.